The predicted octanol–water partition coefficient (Wildman–Crippen LogP) is 4.19. The van der Waals surface area contributed by atoms with Gasteiger partial charge in [0.25, 0.3) is 15.9 Å². The van der Waals surface area contributed by atoms with E-state index in [2.05, 4.69) is 26.0 Å². The summed E-state index contributed by atoms with van der Waals surface area (Å²) in [5, 5.41) is 2.82. The largest absolute Gasteiger partial charge is 0.497 e. The molecule has 1 amide bonds. The first-order valence-electron chi connectivity index (χ1n) is 8.67. The van der Waals surface area contributed by atoms with Crippen LogP contribution in [0.25, 0.3) is 0 Å². The first-order valence-corrected chi connectivity index (χ1v) is 10.9. The van der Waals surface area contributed by atoms with Crippen LogP contribution in [-0.4, -0.2) is 21.4 Å². The van der Waals surface area contributed by atoms with Crippen LogP contribution >= 0.6 is 15.9 Å². The van der Waals surface area contributed by atoms with Gasteiger partial charge in [0.1, 0.15) is 5.75 Å². The molecular formula is C21H19BrN2O4S. The summed E-state index contributed by atoms with van der Waals surface area (Å²) in [6, 6.07) is 20.0. The Kier molecular flexibility index (Phi) is 6.56. The van der Waals surface area contributed by atoms with Crippen LogP contribution in [0.4, 0.5) is 5.69 Å². The van der Waals surface area contributed by atoms with Crippen LogP contribution in [-0.2, 0) is 16.6 Å². The molecule has 3 rings (SSSR count). The van der Waals surface area contributed by atoms with Gasteiger partial charge in [0.05, 0.1) is 12.0 Å². The maximum atomic E-state index is 12.5. The lowest BCUT2D eigenvalue weighted by atomic mass is 10.1. The summed E-state index contributed by atoms with van der Waals surface area (Å²) in [5.41, 5.74) is 1.55. The molecule has 0 heterocycles. The van der Waals surface area contributed by atoms with Crippen molar-refractivity contribution in [2.24, 2.45) is 0 Å². The minimum Gasteiger partial charge on any atom is -0.497 e. The molecule has 0 bridgehead atoms. The number of carbonyl (C=O) groups is 1. The molecule has 8 heteroatoms. The molecule has 0 unspecified atom stereocenters. The zero-order valence-corrected chi connectivity index (χ0v) is 18.0. The van der Waals surface area contributed by atoms with E-state index in [1.807, 2.05) is 24.3 Å². The van der Waals surface area contributed by atoms with E-state index >= 15 is 0 Å². The van der Waals surface area contributed by atoms with Gasteiger partial charge in [0.2, 0.25) is 0 Å². The second-order valence-corrected chi connectivity index (χ2v) is 8.77. The van der Waals surface area contributed by atoms with Gasteiger partial charge in [-0.15, -0.1) is 0 Å². The van der Waals surface area contributed by atoms with Crippen molar-refractivity contribution < 1.29 is 17.9 Å². The topological polar surface area (TPSA) is 84.5 Å². The van der Waals surface area contributed by atoms with Crippen molar-refractivity contribution in [3.63, 3.8) is 0 Å². The van der Waals surface area contributed by atoms with E-state index in [1.54, 1.807) is 37.4 Å². The van der Waals surface area contributed by atoms with Crippen LogP contribution in [0.3, 0.4) is 0 Å². The maximum Gasteiger partial charge on any atom is 0.261 e. The molecule has 0 saturated heterocycles. The average molecular weight is 475 g/mol. The predicted molar refractivity (Wildman–Crippen MR) is 116 cm³/mol. The number of halogens is 1. The van der Waals surface area contributed by atoms with E-state index in [1.165, 1.54) is 18.2 Å². The molecule has 0 saturated carbocycles. The molecule has 0 aromatic heterocycles. The summed E-state index contributed by atoms with van der Waals surface area (Å²) in [6.07, 6.45) is 0. The number of hydrogen-bond donors (Lipinski definition) is 2. The van der Waals surface area contributed by atoms with Crippen molar-refractivity contribution in [1.29, 1.82) is 0 Å². The molecule has 150 valence electrons. The van der Waals surface area contributed by atoms with Crippen LogP contribution in [0.2, 0.25) is 0 Å². The molecule has 0 aliphatic heterocycles. The van der Waals surface area contributed by atoms with Crippen LogP contribution in [0, 0.1) is 0 Å². The summed E-state index contributed by atoms with van der Waals surface area (Å²) < 4.78 is 33.5. The van der Waals surface area contributed by atoms with Gasteiger partial charge < -0.3 is 10.1 Å². The van der Waals surface area contributed by atoms with E-state index < -0.39 is 10.0 Å². The highest BCUT2D eigenvalue weighted by Gasteiger charge is 2.15. The Labute approximate surface area is 178 Å². The molecule has 2 N–H and O–H groups in total. The Bertz CT molecular complexity index is 1120. The molecule has 0 radical (unpaired) electrons. The second kappa shape index (κ2) is 9.11. The fraction of sp³-hybridized carbons (Fsp3) is 0.0952. The SMILES string of the molecule is COc1cccc(CNC(=O)c2cccc(NS(=O)(=O)c3ccc(Br)cc3)c2)c1. The molecule has 0 aliphatic rings. The molecule has 0 fully saturated rings. The van der Waals surface area contributed by atoms with E-state index in [4.69, 9.17) is 4.74 Å². The van der Waals surface area contributed by atoms with Gasteiger partial charge >= 0.3 is 0 Å². The fourth-order valence-electron chi connectivity index (χ4n) is 2.62. The number of ether oxygens (including phenoxy) is 1. The number of carbonyl (C=O) groups excluding carboxylic acids is 1. The Morgan fingerprint density at radius 2 is 1.72 bits per heavy atom. The molecule has 0 aliphatic carbocycles. The summed E-state index contributed by atoms with van der Waals surface area (Å²) in [7, 11) is -2.17. The number of sulfonamides is 1. The van der Waals surface area contributed by atoms with Crippen molar-refractivity contribution in [3.05, 3.63) is 88.4 Å². The first-order chi connectivity index (χ1) is 13.9. The number of rotatable bonds is 7. The summed E-state index contributed by atoms with van der Waals surface area (Å²) in [4.78, 5) is 12.6. The van der Waals surface area contributed by atoms with Gasteiger partial charge in [-0.2, -0.15) is 0 Å². The average Bonchev–Trinajstić information content (AvgIpc) is 2.72. The summed E-state index contributed by atoms with van der Waals surface area (Å²) >= 11 is 3.28. The molecule has 0 spiro atoms. The number of amides is 1. The van der Waals surface area contributed by atoms with E-state index in [0.717, 1.165) is 10.0 Å². The summed E-state index contributed by atoms with van der Waals surface area (Å²) in [5.74, 6) is 0.401. The maximum absolute atomic E-state index is 12.5. The normalized spacial score (nSPS) is 11.0. The zero-order valence-electron chi connectivity index (χ0n) is 15.6. The fourth-order valence-corrected chi connectivity index (χ4v) is 3.93. The van der Waals surface area contributed by atoms with Gasteiger partial charge in [0, 0.05) is 22.3 Å². The third kappa shape index (κ3) is 5.58. The quantitative estimate of drug-likeness (QED) is 0.537. The Balaban J connectivity index is 1.69. The number of nitrogens with one attached hydrogen (secondary N) is 2. The van der Waals surface area contributed by atoms with Gasteiger partial charge in [-0.25, -0.2) is 8.42 Å². The highest BCUT2D eigenvalue weighted by atomic mass is 79.9. The van der Waals surface area contributed by atoms with Crippen LogP contribution in [0.15, 0.2) is 82.2 Å². The van der Waals surface area contributed by atoms with Crippen molar-refractivity contribution in [2.75, 3.05) is 11.8 Å². The van der Waals surface area contributed by atoms with Crippen LogP contribution in [0.1, 0.15) is 15.9 Å². The number of anilines is 1. The van der Waals surface area contributed by atoms with Crippen molar-refractivity contribution in [1.82, 2.24) is 5.32 Å². The van der Waals surface area contributed by atoms with Crippen LogP contribution in [0.5, 0.6) is 5.75 Å². The van der Waals surface area contributed by atoms with Crippen molar-refractivity contribution in [2.45, 2.75) is 11.4 Å². The molecule has 3 aromatic rings. The number of benzene rings is 3. The monoisotopic (exact) mass is 474 g/mol. The minimum absolute atomic E-state index is 0.133. The smallest absolute Gasteiger partial charge is 0.261 e. The molecule has 6 nitrogen and oxygen atoms in total. The molecular weight excluding hydrogens is 456 g/mol. The second-order valence-electron chi connectivity index (χ2n) is 6.17. The van der Waals surface area contributed by atoms with Gasteiger partial charge in [-0.3, -0.25) is 9.52 Å². The highest BCUT2D eigenvalue weighted by molar-refractivity contribution is 9.10. The van der Waals surface area contributed by atoms with E-state index in [0.29, 0.717) is 23.5 Å². The van der Waals surface area contributed by atoms with Gasteiger partial charge in [0.15, 0.2) is 0 Å². The highest BCUT2D eigenvalue weighted by Crippen LogP contribution is 2.19. The van der Waals surface area contributed by atoms with E-state index in [-0.39, 0.29) is 10.8 Å². The lowest BCUT2D eigenvalue weighted by Crippen LogP contribution is -2.23. The standard InChI is InChI=1S/C21H19BrN2O4S/c1-28-19-7-2-4-15(12-19)14-23-21(25)16-5-3-6-18(13-16)24-29(26,27)20-10-8-17(22)9-11-20/h2-13,24H,14H2,1H3,(H,23,25). The van der Waals surface area contributed by atoms with Crippen LogP contribution < -0.4 is 14.8 Å². The first kappa shape index (κ1) is 20.9. The third-order valence-corrected chi connectivity index (χ3v) is 6.01. The minimum atomic E-state index is -3.75. The number of methoxy groups -OCH3 is 1. The van der Waals surface area contributed by atoms with Gasteiger partial charge in [-0.1, -0.05) is 34.1 Å². The zero-order chi connectivity index (χ0) is 20.9. The third-order valence-electron chi connectivity index (χ3n) is 4.09. The Morgan fingerprint density at radius 3 is 2.45 bits per heavy atom. The summed E-state index contributed by atoms with van der Waals surface area (Å²) in [6.45, 7) is 0.324. The van der Waals surface area contributed by atoms with Crippen molar-refractivity contribution in [3.8, 4) is 5.75 Å². The van der Waals surface area contributed by atoms with E-state index in [9.17, 15) is 13.2 Å². The Morgan fingerprint density at radius 1 is 1.00 bits per heavy atom. The lowest BCUT2D eigenvalue weighted by Gasteiger charge is -2.10. The molecule has 3 aromatic carbocycles. The lowest BCUT2D eigenvalue weighted by molar-refractivity contribution is 0.0951. The molecule has 0 atom stereocenters. The van der Waals surface area contributed by atoms with Gasteiger partial charge in [-0.05, 0) is 60.2 Å². The molecule has 29 heavy (non-hydrogen) atoms. The number of hydrogen-bond acceptors (Lipinski definition) is 4. The Hall–Kier alpha value is -2.84. The van der Waals surface area contributed by atoms with Crippen molar-refractivity contribution >= 4 is 37.5 Å².